The maximum atomic E-state index is 13.3. The standard InChI is InChI=1S/C16H21F2N3O2S/c1-21-14(19-15(22)23-11-7-24-8-11)12(9-3-2-4-9)13(20-21)10-5-16(17,18)6-10/h9-11H,2-8H2,1H3,(H,19,22). The number of hydrogen-bond donors (Lipinski definition) is 1. The van der Waals surface area contributed by atoms with Gasteiger partial charge >= 0.3 is 6.09 Å². The van der Waals surface area contributed by atoms with E-state index in [1.165, 1.54) is 0 Å². The highest BCUT2D eigenvalue weighted by Gasteiger charge is 2.49. The molecule has 4 rings (SSSR count). The lowest BCUT2D eigenvalue weighted by molar-refractivity contribution is -0.0879. The van der Waals surface area contributed by atoms with E-state index in [0.717, 1.165) is 42.0 Å². The van der Waals surface area contributed by atoms with Crippen LogP contribution in [0.1, 0.15) is 55.2 Å². The summed E-state index contributed by atoms with van der Waals surface area (Å²) in [5, 5.41) is 7.29. The molecule has 8 heteroatoms. The third-order valence-corrected chi connectivity index (χ3v) is 6.42. The van der Waals surface area contributed by atoms with Crippen molar-refractivity contribution in [3.8, 4) is 0 Å². The second-order valence-electron chi connectivity index (χ2n) is 7.05. The number of hydrogen-bond acceptors (Lipinski definition) is 4. The van der Waals surface area contributed by atoms with Gasteiger partial charge in [-0.05, 0) is 18.8 Å². The van der Waals surface area contributed by atoms with Crippen molar-refractivity contribution in [2.24, 2.45) is 7.05 Å². The molecule has 2 aliphatic carbocycles. The molecule has 1 saturated heterocycles. The first kappa shape index (κ1) is 16.2. The predicted octanol–water partition coefficient (Wildman–Crippen LogP) is 3.86. The molecular weight excluding hydrogens is 336 g/mol. The van der Waals surface area contributed by atoms with Gasteiger partial charge in [0.05, 0.1) is 5.69 Å². The zero-order valence-electron chi connectivity index (χ0n) is 13.6. The SMILES string of the molecule is Cn1nc(C2CC(F)(F)C2)c(C2CCC2)c1NC(=O)OC1CSC1. The molecule has 0 radical (unpaired) electrons. The zero-order valence-corrected chi connectivity index (χ0v) is 14.4. The summed E-state index contributed by atoms with van der Waals surface area (Å²) in [5.41, 5.74) is 1.69. The van der Waals surface area contributed by atoms with E-state index in [0.29, 0.717) is 11.7 Å². The summed E-state index contributed by atoms with van der Waals surface area (Å²) in [4.78, 5) is 12.1. The summed E-state index contributed by atoms with van der Waals surface area (Å²) in [6.45, 7) is 0. The number of anilines is 1. The van der Waals surface area contributed by atoms with E-state index in [1.54, 1.807) is 23.5 Å². The van der Waals surface area contributed by atoms with Gasteiger partial charge in [-0.1, -0.05) is 6.42 Å². The summed E-state index contributed by atoms with van der Waals surface area (Å²) in [5.74, 6) is -0.211. The molecule has 0 aromatic carbocycles. The smallest absolute Gasteiger partial charge is 0.413 e. The third-order valence-electron chi connectivity index (χ3n) is 5.20. The summed E-state index contributed by atoms with van der Waals surface area (Å²) < 4.78 is 33.5. The minimum atomic E-state index is -2.58. The minimum Gasteiger partial charge on any atom is -0.444 e. The average Bonchev–Trinajstić information content (AvgIpc) is 2.67. The van der Waals surface area contributed by atoms with Crippen LogP contribution in [0.5, 0.6) is 0 Å². The van der Waals surface area contributed by atoms with E-state index in [4.69, 9.17) is 4.74 Å². The van der Waals surface area contributed by atoms with Crippen LogP contribution in [0.25, 0.3) is 0 Å². The molecule has 0 spiro atoms. The Morgan fingerprint density at radius 2 is 2.04 bits per heavy atom. The largest absolute Gasteiger partial charge is 0.444 e. The number of carbonyl (C=O) groups is 1. The van der Waals surface area contributed by atoms with Gasteiger partial charge in [-0.25, -0.2) is 13.6 Å². The van der Waals surface area contributed by atoms with E-state index in [-0.39, 0.29) is 24.9 Å². The number of ether oxygens (including phenoxy) is 1. The second-order valence-corrected chi connectivity index (χ2v) is 8.12. The first-order valence-electron chi connectivity index (χ1n) is 8.43. The maximum Gasteiger partial charge on any atom is 0.413 e. The van der Waals surface area contributed by atoms with Crippen molar-refractivity contribution in [3.63, 3.8) is 0 Å². The molecule has 1 aliphatic heterocycles. The van der Waals surface area contributed by atoms with Crippen LogP contribution in [0.4, 0.5) is 19.4 Å². The molecule has 1 amide bonds. The highest BCUT2D eigenvalue weighted by molar-refractivity contribution is 8.00. The van der Waals surface area contributed by atoms with Crippen molar-refractivity contribution in [2.45, 2.75) is 56.0 Å². The van der Waals surface area contributed by atoms with Crippen LogP contribution in [0.3, 0.4) is 0 Å². The maximum absolute atomic E-state index is 13.3. The fourth-order valence-electron chi connectivity index (χ4n) is 3.52. The molecule has 5 nitrogen and oxygen atoms in total. The Morgan fingerprint density at radius 1 is 1.33 bits per heavy atom. The summed E-state index contributed by atoms with van der Waals surface area (Å²) in [6.07, 6.45) is 2.37. The van der Waals surface area contributed by atoms with Gasteiger partial charge in [0.2, 0.25) is 5.92 Å². The highest BCUT2D eigenvalue weighted by atomic mass is 32.2. The van der Waals surface area contributed by atoms with Crippen LogP contribution in [-0.4, -0.2) is 39.4 Å². The Labute approximate surface area is 143 Å². The van der Waals surface area contributed by atoms with Crippen molar-refractivity contribution < 1.29 is 18.3 Å². The van der Waals surface area contributed by atoms with Crippen LogP contribution in [-0.2, 0) is 11.8 Å². The molecule has 24 heavy (non-hydrogen) atoms. The summed E-state index contributed by atoms with van der Waals surface area (Å²) >= 11 is 1.74. The molecule has 0 bridgehead atoms. The number of aryl methyl sites for hydroxylation is 1. The molecular formula is C16H21F2N3O2S. The van der Waals surface area contributed by atoms with Gasteiger partial charge in [0, 0.05) is 42.9 Å². The van der Waals surface area contributed by atoms with Crippen LogP contribution in [0.15, 0.2) is 0 Å². The van der Waals surface area contributed by atoms with Gasteiger partial charge in [0.15, 0.2) is 0 Å². The number of amides is 1. The number of nitrogens with one attached hydrogen (secondary N) is 1. The van der Waals surface area contributed by atoms with Crippen molar-refractivity contribution in [3.05, 3.63) is 11.3 Å². The van der Waals surface area contributed by atoms with E-state index in [2.05, 4.69) is 10.4 Å². The number of nitrogens with zero attached hydrogens (tertiary/aromatic N) is 2. The number of aromatic nitrogens is 2. The number of halogens is 2. The fraction of sp³-hybridized carbons (Fsp3) is 0.750. The van der Waals surface area contributed by atoms with E-state index < -0.39 is 12.0 Å². The van der Waals surface area contributed by atoms with Crippen molar-refractivity contribution in [1.29, 1.82) is 0 Å². The van der Waals surface area contributed by atoms with E-state index in [9.17, 15) is 13.6 Å². The first-order valence-corrected chi connectivity index (χ1v) is 9.58. The van der Waals surface area contributed by atoms with Crippen LogP contribution in [0, 0.1) is 0 Å². The average molecular weight is 357 g/mol. The molecule has 1 aromatic rings. The van der Waals surface area contributed by atoms with Crippen LogP contribution < -0.4 is 5.32 Å². The fourth-order valence-corrected chi connectivity index (χ4v) is 4.09. The van der Waals surface area contributed by atoms with E-state index >= 15 is 0 Å². The van der Waals surface area contributed by atoms with Gasteiger partial charge < -0.3 is 4.74 Å². The van der Waals surface area contributed by atoms with Crippen LogP contribution >= 0.6 is 11.8 Å². The summed E-state index contributed by atoms with van der Waals surface area (Å²) in [6, 6.07) is 0. The van der Waals surface area contributed by atoms with Gasteiger partial charge in [0.25, 0.3) is 0 Å². The second kappa shape index (κ2) is 5.89. The molecule has 2 saturated carbocycles. The summed E-state index contributed by atoms with van der Waals surface area (Å²) in [7, 11) is 1.75. The molecule has 3 aliphatic rings. The third kappa shape index (κ3) is 2.89. The van der Waals surface area contributed by atoms with Gasteiger partial charge in [-0.15, -0.1) is 0 Å². The van der Waals surface area contributed by atoms with E-state index in [1.807, 2.05) is 0 Å². The zero-order chi connectivity index (χ0) is 16.9. The molecule has 1 aromatic heterocycles. The molecule has 1 N–H and O–H groups in total. The highest BCUT2D eigenvalue weighted by Crippen LogP contribution is 2.52. The lowest BCUT2D eigenvalue weighted by Gasteiger charge is -2.36. The minimum absolute atomic E-state index is 0.0276. The Morgan fingerprint density at radius 3 is 2.54 bits per heavy atom. The molecule has 132 valence electrons. The van der Waals surface area contributed by atoms with Crippen molar-refractivity contribution >= 4 is 23.7 Å². The quantitative estimate of drug-likeness (QED) is 0.889. The Kier molecular flexibility index (Phi) is 3.97. The van der Waals surface area contributed by atoms with Gasteiger partial charge in [-0.2, -0.15) is 16.9 Å². The Balaban J connectivity index is 1.55. The van der Waals surface area contributed by atoms with Crippen LogP contribution in [0.2, 0.25) is 0 Å². The Hall–Kier alpha value is -1.31. The topological polar surface area (TPSA) is 56.2 Å². The van der Waals surface area contributed by atoms with Gasteiger partial charge in [-0.3, -0.25) is 10.00 Å². The molecule has 0 atom stereocenters. The number of alkyl halides is 2. The van der Waals surface area contributed by atoms with Gasteiger partial charge in [0.1, 0.15) is 11.9 Å². The number of carbonyl (C=O) groups excluding carboxylic acids is 1. The monoisotopic (exact) mass is 357 g/mol. The lowest BCUT2D eigenvalue weighted by atomic mass is 9.73. The van der Waals surface area contributed by atoms with Crippen molar-refractivity contribution in [2.75, 3.05) is 16.8 Å². The first-order chi connectivity index (χ1) is 11.4. The van der Waals surface area contributed by atoms with Crippen molar-refractivity contribution in [1.82, 2.24) is 9.78 Å². The Bertz CT molecular complexity index is 648. The lowest BCUT2D eigenvalue weighted by Crippen LogP contribution is -2.35. The molecule has 2 heterocycles. The molecule has 3 fully saturated rings. The number of rotatable bonds is 4. The number of thioether (sulfide) groups is 1. The normalized spacial score (nSPS) is 24.0. The molecule has 0 unspecified atom stereocenters. The predicted molar refractivity (Wildman–Crippen MR) is 87.9 cm³/mol.